The van der Waals surface area contributed by atoms with Gasteiger partial charge in [0.15, 0.2) is 5.79 Å². The molecule has 0 saturated heterocycles. The van der Waals surface area contributed by atoms with E-state index in [4.69, 9.17) is 15.3 Å². The lowest BCUT2D eigenvalue weighted by Gasteiger charge is -2.54. The van der Waals surface area contributed by atoms with E-state index in [0.29, 0.717) is 12.8 Å². The molecule has 0 aromatic carbocycles. The van der Waals surface area contributed by atoms with Crippen molar-refractivity contribution in [1.82, 2.24) is 5.43 Å². The minimum absolute atomic E-state index is 0.175. The summed E-state index contributed by atoms with van der Waals surface area (Å²) in [6.45, 7) is 0. The minimum Gasteiger partial charge on any atom is -0.353 e. The second-order valence-corrected chi connectivity index (χ2v) is 5.94. The van der Waals surface area contributed by atoms with Gasteiger partial charge in [0, 0.05) is 31.5 Å². The van der Waals surface area contributed by atoms with Crippen LogP contribution in [0.4, 0.5) is 0 Å². The highest BCUT2D eigenvalue weighted by molar-refractivity contribution is 9.11. The van der Waals surface area contributed by atoms with E-state index in [1.807, 2.05) is 6.08 Å². The smallest absolute Gasteiger partial charge is 0.244 e. The first-order valence-corrected chi connectivity index (χ1v) is 6.99. The molecule has 3 N–H and O–H groups in total. The summed E-state index contributed by atoms with van der Waals surface area (Å²) in [6, 6.07) is 0. The molecular weight excluding hydrogens is 312 g/mol. The second-order valence-electron chi connectivity index (χ2n) is 5.03. The van der Waals surface area contributed by atoms with Crippen molar-refractivity contribution in [2.45, 2.75) is 31.5 Å². The average Bonchev–Trinajstić information content (AvgIpc) is 2.39. The van der Waals surface area contributed by atoms with Crippen LogP contribution in [0.15, 0.2) is 22.2 Å². The molecule has 0 heterocycles. The molecule has 1 saturated carbocycles. The Kier molecular flexibility index (Phi) is 4.15. The molecule has 0 aromatic rings. The number of methoxy groups -OCH3 is 2. The van der Waals surface area contributed by atoms with Gasteiger partial charge in [0.2, 0.25) is 5.91 Å². The van der Waals surface area contributed by atoms with Crippen LogP contribution in [0, 0.1) is 5.41 Å². The maximum absolute atomic E-state index is 12.2. The van der Waals surface area contributed by atoms with Gasteiger partial charge in [0.1, 0.15) is 0 Å². The summed E-state index contributed by atoms with van der Waals surface area (Å²) in [4.78, 5) is 12.2. The molecule has 0 spiro atoms. The summed E-state index contributed by atoms with van der Waals surface area (Å²) in [5.74, 6) is 4.49. The maximum atomic E-state index is 12.2. The van der Waals surface area contributed by atoms with E-state index >= 15 is 0 Å². The highest BCUT2D eigenvalue weighted by Gasteiger charge is 2.61. The van der Waals surface area contributed by atoms with Crippen molar-refractivity contribution in [2.75, 3.05) is 14.2 Å². The lowest BCUT2D eigenvalue weighted by molar-refractivity contribution is -0.284. The third-order valence-corrected chi connectivity index (χ3v) is 4.68. The van der Waals surface area contributed by atoms with E-state index in [1.54, 1.807) is 14.2 Å². The molecule has 106 valence electrons. The van der Waals surface area contributed by atoms with Gasteiger partial charge in [-0.05, 0) is 18.9 Å². The van der Waals surface area contributed by atoms with Gasteiger partial charge in [0.05, 0.1) is 5.41 Å². The third-order valence-electron chi connectivity index (χ3n) is 4.13. The molecule has 0 radical (unpaired) electrons. The Hall–Kier alpha value is -0.690. The van der Waals surface area contributed by atoms with Gasteiger partial charge in [-0.15, -0.1) is 0 Å². The molecule has 6 heteroatoms. The number of carbonyl (C=O) groups is 1. The third kappa shape index (κ3) is 2.38. The zero-order chi connectivity index (χ0) is 14.1. The summed E-state index contributed by atoms with van der Waals surface area (Å²) in [5.41, 5.74) is 2.74. The Balaban J connectivity index is 2.30. The van der Waals surface area contributed by atoms with Crippen molar-refractivity contribution < 1.29 is 14.3 Å². The van der Waals surface area contributed by atoms with Crippen LogP contribution in [0.1, 0.15) is 25.7 Å². The van der Waals surface area contributed by atoms with Crippen LogP contribution in [0.2, 0.25) is 0 Å². The van der Waals surface area contributed by atoms with Gasteiger partial charge in [-0.1, -0.05) is 27.6 Å². The number of nitrogens with one attached hydrogen (secondary N) is 1. The van der Waals surface area contributed by atoms with Crippen LogP contribution in [0.25, 0.3) is 0 Å². The molecule has 0 unspecified atom stereocenters. The first-order chi connectivity index (χ1) is 9.02. The first-order valence-electron chi connectivity index (χ1n) is 6.20. The fourth-order valence-electron chi connectivity index (χ4n) is 2.95. The van der Waals surface area contributed by atoms with Crippen molar-refractivity contribution in [3.8, 4) is 0 Å². The van der Waals surface area contributed by atoms with Gasteiger partial charge >= 0.3 is 0 Å². The van der Waals surface area contributed by atoms with E-state index in [1.165, 1.54) is 0 Å². The molecule has 0 bridgehead atoms. The zero-order valence-electron chi connectivity index (χ0n) is 11.2. The number of hydrogen-bond acceptors (Lipinski definition) is 4. The standard InChI is InChI=1S/C13H19BrN2O3/c1-18-13(19-2)7-12(8-13,11(17)16-15)9-4-3-5-10(14)6-9/h5-6H,3-4,7-8,15H2,1-2H3,(H,16,17). The largest absolute Gasteiger partial charge is 0.353 e. The molecule has 1 amide bonds. The number of allylic oxidation sites excluding steroid dienone is 3. The fourth-order valence-corrected chi connectivity index (χ4v) is 3.46. The number of carbonyl (C=O) groups excluding carboxylic acids is 1. The topological polar surface area (TPSA) is 73.6 Å². The van der Waals surface area contributed by atoms with Crippen LogP contribution in [0.3, 0.4) is 0 Å². The van der Waals surface area contributed by atoms with Crippen LogP contribution in [0.5, 0.6) is 0 Å². The Labute approximate surface area is 121 Å². The van der Waals surface area contributed by atoms with Crippen LogP contribution in [-0.2, 0) is 14.3 Å². The monoisotopic (exact) mass is 330 g/mol. The normalized spacial score (nSPS) is 24.0. The number of hydrazine groups is 1. The zero-order valence-corrected chi connectivity index (χ0v) is 12.7. The maximum Gasteiger partial charge on any atom is 0.244 e. The van der Waals surface area contributed by atoms with Gasteiger partial charge in [0.25, 0.3) is 0 Å². The molecule has 0 aliphatic heterocycles. The number of nitrogens with two attached hydrogens (primary N) is 1. The van der Waals surface area contributed by atoms with Crippen molar-refractivity contribution >= 4 is 21.8 Å². The summed E-state index contributed by atoms with van der Waals surface area (Å²) in [6.07, 6.45) is 6.85. The first kappa shape index (κ1) is 14.7. The summed E-state index contributed by atoms with van der Waals surface area (Å²) in [7, 11) is 3.19. The van der Waals surface area contributed by atoms with Crippen molar-refractivity contribution in [2.24, 2.45) is 11.3 Å². The molecule has 0 aromatic heterocycles. The molecule has 2 rings (SSSR count). The summed E-state index contributed by atoms with van der Waals surface area (Å²) < 4.78 is 11.8. The van der Waals surface area contributed by atoms with Crippen molar-refractivity contribution in [1.29, 1.82) is 0 Å². The van der Waals surface area contributed by atoms with Gasteiger partial charge in [-0.25, -0.2) is 5.84 Å². The van der Waals surface area contributed by atoms with Crippen LogP contribution in [-0.4, -0.2) is 25.9 Å². The molecule has 0 atom stereocenters. The number of hydrogen-bond donors (Lipinski definition) is 2. The molecule has 2 aliphatic carbocycles. The van der Waals surface area contributed by atoms with E-state index in [9.17, 15) is 4.79 Å². The SMILES string of the molecule is COC1(OC)CC(C(=O)NN)(C2=CC(Br)=CCC2)C1. The minimum atomic E-state index is -0.680. The molecule has 2 aliphatic rings. The quantitative estimate of drug-likeness (QED) is 0.356. The Bertz CT molecular complexity index is 433. The van der Waals surface area contributed by atoms with Crippen molar-refractivity contribution in [3.63, 3.8) is 0 Å². The Morgan fingerprint density at radius 1 is 1.42 bits per heavy atom. The van der Waals surface area contributed by atoms with Crippen LogP contribution < -0.4 is 11.3 Å². The second kappa shape index (κ2) is 5.36. The van der Waals surface area contributed by atoms with Gasteiger partial charge in [-0.3, -0.25) is 10.2 Å². The Morgan fingerprint density at radius 3 is 2.53 bits per heavy atom. The van der Waals surface area contributed by atoms with E-state index in [-0.39, 0.29) is 5.91 Å². The molecule has 5 nitrogen and oxygen atoms in total. The number of ether oxygens (including phenoxy) is 2. The van der Waals surface area contributed by atoms with E-state index in [0.717, 1.165) is 22.9 Å². The van der Waals surface area contributed by atoms with Gasteiger partial charge in [-0.2, -0.15) is 0 Å². The molecule has 1 fully saturated rings. The molecular formula is C13H19BrN2O3. The summed E-state index contributed by atoms with van der Waals surface area (Å²) in [5, 5.41) is 0. The number of amides is 1. The number of rotatable bonds is 4. The molecule has 19 heavy (non-hydrogen) atoms. The highest BCUT2D eigenvalue weighted by atomic mass is 79.9. The highest BCUT2D eigenvalue weighted by Crippen LogP contribution is 2.57. The Morgan fingerprint density at radius 2 is 2.05 bits per heavy atom. The average molecular weight is 331 g/mol. The summed E-state index contributed by atoms with van der Waals surface area (Å²) >= 11 is 3.47. The predicted octanol–water partition coefficient (Wildman–Crippen LogP) is 1.74. The van der Waals surface area contributed by atoms with E-state index in [2.05, 4.69) is 27.4 Å². The fraction of sp³-hybridized carbons (Fsp3) is 0.615. The number of halogens is 1. The predicted molar refractivity (Wildman–Crippen MR) is 75.1 cm³/mol. The van der Waals surface area contributed by atoms with Crippen molar-refractivity contribution in [3.05, 3.63) is 22.2 Å². The van der Waals surface area contributed by atoms with Gasteiger partial charge < -0.3 is 9.47 Å². The lowest BCUT2D eigenvalue weighted by Crippen LogP contribution is -2.62. The lowest BCUT2D eigenvalue weighted by atomic mass is 9.58. The van der Waals surface area contributed by atoms with E-state index < -0.39 is 11.2 Å². The van der Waals surface area contributed by atoms with Crippen LogP contribution >= 0.6 is 15.9 Å².